The third kappa shape index (κ3) is 8.56. The number of nitrogens with zero attached hydrogens (tertiary/aromatic N) is 5. The summed E-state index contributed by atoms with van der Waals surface area (Å²) in [6, 6.07) is 15.3. The Morgan fingerprint density at radius 2 is 1.80 bits per heavy atom. The van der Waals surface area contributed by atoms with Gasteiger partial charge in [0, 0.05) is 48.9 Å². The van der Waals surface area contributed by atoms with Crippen LogP contribution in [0.15, 0.2) is 47.5 Å². The summed E-state index contributed by atoms with van der Waals surface area (Å²) in [7, 11) is 4.26. The number of likely N-dealkylation sites (tertiary alicyclic amines) is 2. The highest BCUT2D eigenvalue weighted by Crippen LogP contribution is 2.46. The molecule has 4 aliphatic rings. The molecule has 4 aliphatic heterocycles. The third-order valence-electron chi connectivity index (χ3n) is 14.1. The topological polar surface area (TPSA) is 189 Å². The number of benzene rings is 3. The number of alkyl carbamates (subject to hydrolysis) is 1. The predicted octanol–water partition coefficient (Wildman–Crippen LogP) is 7.81. The van der Waals surface area contributed by atoms with E-state index >= 15 is 0 Å². The average Bonchev–Trinajstić information content (AvgIpc) is 4.13. The van der Waals surface area contributed by atoms with Crippen LogP contribution in [0.3, 0.4) is 0 Å². The average molecular weight is 886 g/mol. The molecule has 3 aromatic carbocycles. The largest absolute Gasteiger partial charge is 0.488 e. The first-order chi connectivity index (χ1) is 31.3. The highest BCUT2D eigenvalue weighted by Gasteiger charge is 2.44. The minimum atomic E-state index is -0.804. The Bertz CT molecular complexity index is 2600. The first-order valence-electron chi connectivity index (χ1n) is 22.7. The number of nitrogens with one attached hydrogen (secondary N) is 2. The molecule has 65 heavy (non-hydrogen) atoms. The van der Waals surface area contributed by atoms with E-state index in [1.807, 2.05) is 44.7 Å². The number of hydrogen-bond acceptors (Lipinski definition) is 11. The number of rotatable bonds is 13. The van der Waals surface area contributed by atoms with Crippen LogP contribution in [0.1, 0.15) is 95.4 Å². The standard InChI is InChI=1S/C50H59N7O8/c1-9-27(4)45(55-50(61)64-8)49(60)56-23-29(24-62-6)16-42(56)47-53-40(22-51)46(54-47)31-11-13-33-32(17-31)25-65-43-20-35-30(18-37(33)43)12-14-38-36(35)19-39(52-38)41-15-10-28(5)57(41)48(59)34(26(2)3)21-44(58)63-7/h11-14,17-18,20,26-29,34,41-42,45H,9-10,15-16,19,21,23-25H2,1-8H3,(H,53,54)(H,55,61)/t27-,28-,29-,34-,41-,42-,45-/m0/s1. The van der Waals surface area contributed by atoms with Crippen molar-refractivity contribution in [1.29, 1.82) is 5.26 Å². The van der Waals surface area contributed by atoms with Gasteiger partial charge < -0.3 is 39.0 Å². The molecular weight excluding hydrogens is 827 g/mol. The first kappa shape index (κ1) is 45.3. The minimum absolute atomic E-state index is 0.0184. The molecule has 2 saturated heterocycles. The summed E-state index contributed by atoms with van der Waals surface area (Å²) < 4.78 is 21.8. The molecule has 2 N–H and O–H groups in total. The number of esters is 1. The smallest absolute Gasteiger partial charge is 0.407 e. The second-order valence-corrected chi connectivity index (χ2v) is 18.4. The molecule has 5 heterocycles. The highest BCUT2D eigenvalue weighted by molar-refractivity contribution is 6.06. The fourth-order valence-electron chi connectivity index (χ4n) is 10.3. The zero-order chi connectivity index (χ0) is 46.3. The molecule has 0 aliphatic carbocycles. The summed E-state index contributed by atoms with van der Waals surface area (Å²) in [6.07, 6.45) is 2.91. The molecule has 1 aromatic heterocycles. The molecule has 0 radical (unpaired) electrons. The summed E-state index contributed by atoms with van der Waals surface area (Å²) in [5.41, 5.74) is 7.45. The van der Waals surface area contributed by atoms with Crippen molar-refractivity contribution in [2.45, 2.75) is 104 Å². The van der Waals surface area contributed by atoms with Crippen LogP contribution in [0, 0.1) is 35.0 Å². The number of aromatic nitrogens is 2. The van der Waals surface area contributed by atoms with Gasteiger partial charge in [-0.1, -0.05) is 52.3 Å². The SMILES string of the molecule is CC[C@H](C)[C@H](NC(=O)OC)C(=O)N1C[C@@H](COC)C[C@H]1c1nc(C#N)c(-c2ccc3c(c2)COc2cc4c5c(ccc4cc2-3)N=C([C@@H]2CC[C@H](C)N2C(=O)[C@@H](CC(=O)OC)C(C)C)C5)[nH]1. The summed E-state index contributed by atoms with van der Waals surface area (Å²) in [5, 5.41) is 15.2. The Hall–Kier alpha value is -6.27. The molecular formula is C50H59N7O8. The number of carbonyl (C=O) groups is 4. The van der Waals surface area contributed by atoms with E-state index in [0.29, 0.717) is 50.5 Å². The second-order valence-electron chi connectivity index (χ2n) is 18.4. The van der Waals surface area contributed by atoms with E-state index in [2.05, 4.69) is 53.6 Å². The monoisotopic (exact) mass is 885 g/mol. The fourth-order valence-corrected chi connectivity index (χ4v) is 10.3. The molecule has 2 fully saturated rings. The summed E-state index contributed by atoms with van der Waals surface area (Å²) in [5.74, 6) is 0.00126. The zero-order valence-corrected chi connectivity index (χ0v) is 38.5. The molecule has 0 spiro atoms. The number of aliphatic imine (C=N–C) groups is 1. The molecule has 0 unspecified atom stereocenters. The van der Waals surface area contributed by atoms with E-state index in [4.69, 9.17) is 28.9 Å². The van der Waals surface area contributed by atoms with Crippen LogP contribution in [0.5, 0.6) is 5.75 Å². The normalized spacial score (nSPS) is 21.1. The van der Waals surface area contributed by atoms with Crippen LogP contribution in [0.2, 0.25) is 0 Å². The van der Waals surface area contributed by atoms with Gasteiger partial charge in [-0.3, -0.25) is 19.4 Å². The van der Waals surface area contributed by atoms with E-state index < -0.39 is 24.1 Å². The van der Waals surface area contributed by atoms with Crippen molar-refractivity contribution in [3.05, 3.63) is 65.1 Å². The molecule has 342 valence electrons. The van der Waals surface area contributed by atoms with Crippen molar-refractivity contribution in [3.8, 4) is 34.2 Å². The van der Waals surface area contributed by atoms with E-state index in [1.165, 1.54) is 14.2 Å². The van der Waals surface area contributed by atoms with Gasteiger partial charge in [0.1, 0.15) is 30.3 Å². The predicted molar refractivity (Wildman–Crippen MR) is 244 cm³/mol. The van der Waals surface area contributed by atoms with E-state index in [9.17, 15) is 24.4 Å². The third-order valence-corrected chi connectivity index (χ3v) is 14.1. The molecule has 7 atom stereocenters. The Morgan fingerprint density at radius 3 is 2.51 bits per heavy atom. The number of fused-ring (bicyclic) bond motifs is 6. The summed E-state index contributed by atoms with van der Waals surface area (Å²) in [6.45, 7) is 11.1. The van der Waals surface area contributed by atoms with Crippen molar-refractivity contribution in [2.24, 2.45) is 28.7 Å². The number of aromatic amines is 1. The Balaban J connectivity index is 1.05. The first-order valence-corrected chi connectivity index (χ1v) is 22.7. The number of nitriles is 1. The molecule has 0 saturated carbocycles. The lowest BCUT2D eigenvalue weighted by molar-refractivity contribution is -0.148. The Morgan fingerprint density at radius 1 is 1.00 bits per heavy atom. The van der Waals surface area contributed by atoms with Crippen LogP contribution >= 0.6 is 0 Å². The number of methoxy groups -OCH3 is 3. The number of imidazole rings is 1. The van der Waals surface area contributed by atoms with Crippen molar-refractivity contribution < 1.29 is 38.1 Å². The van der Waals surface area contributed by atoms with Crippen LogP contribution in [0.25, 0.3) is 33.2 Å². The maximum Gasteiger partial charge on any atom is 0.407 e. The Labute approximate surface area is 379 Å². The quantitative estimate of drug-likeness (QED) is 0.125. The molecule has 4 aromatic rings. The van der Waals surface area contributed by atoms with Crippen LogP contribution in [-0.2, 0) is 41.6 Å². The van der Waals surface area contributed by atoms with Crippen LogP contribution < -0.4 is 10.1 Å². The van der Waals surface area contributed by atoms with Gasteiger partial charge in [-0.05, 0) is 89.8 Å². The number of amides is 3. The number of ether oxygens (including phenoxy) is 4. The molecule has 15 heteroatoms. The van der Waals surface area contributed by atoms with Gasteiger partial charge in [-0.2, -0.15) is 5.26 Å². The second kappa shape index (κ2) is 18.7. The van der Waals surface area contributed by atoms with Crippen LogP contribution in [0.4, 0.5) is 10.5 Å². The number of carbonyl (C=O) groups excluding carboxylic acids is 4. The molecule has 15 nitrogen and oxygen atoms in total. The Kier molecular flexibility index (Phi) is 13.0. The lowest BCUT2D eigenvalue weighted by Gasteiger charge is -2.33. The van der Waals surface area contributed by atoms with Gasteiger partial charge in [-0.25, -0.2) is 9.78 Å². The van der Waals surface area contributed by atoms with Gasteiger partial charge in [0.25, 0.3) is 0 Å². The summed E-state index contributed by atoms with van der Waals surface area (Å²) >= 11 is 0. The number of hydrogen-bond donors (Lipinski definition) is 2. The lowest BCUT2D eigenvalue weighted by atomic mass is 9.89. The highest BCUT2D eigenvalue weighted by atomic mass is 16.5. The van der Waals surface area contributed by atoms with Gasteiger partial charge in [0.2, 0.25) is 11.8 Å². The maximum atomic E-state index is 14.2. The molecule has 8 rings (SSSR count). The lowest BCUT2D eigenvalue weighted by Crippen LogP contribution is -2.51. The van der Waals surface area contributed by atoms with Crippen molar-refractivity contribution in [2.75, 3.05) is 34.5 Å². The van der Waals surface area contributed by atoms with E-state index in [1.54, 1.807) is 12.0 Å². The van der Waals surface area contributed by atoms with Crippen molar-refractivity contribution in [1.82, 2.24) is 25.1 Å². The van der Waals surface area contributed by atoms with Crippen molar-refractivity contribution >= 4 is 46.0 Å². The van der Waals surface area contributed by atoms with Crippen LogP contribution in [-0.4, -0.2) is 102 Å². The van der Waals surface area contributed by atoms with Crippen molar-refractivity contribution in [3.63, 3.8) is 0 Å². The van der Waals surface area contributed by atoms with Gasteiger partial charge >= 0.3 is 12.1 Å². The summed E-state index contributed by atoms with van der Waals surface area (Å²) in [4.78, 5) is 70.0. The zero-order valence-electron chi connectivity index (χ0n) is 38.5. The van der Waals surface area contributed by atoms with Gasteiger partial charge in [0.05, 0.1) is 56.6 Å². The van der Waals surface area contributed by atoms with Gasteiger partial charge in [-0.15, -0.1) is 0 Å². The minimum Gasteiger partial charge on any atom is -0.488 e. The molecule has 3 amide bonds. The number of H-pyrrole nitrogens is 1. The maximum absolute atomic E-state index is 14.2. The van der Waals surface area contributed by atoms with E-state index in [0.717, 1.165) is 68.6 Å². The van der Waals surface area contributed by atoms with E-state index in [-0.39, 0.29) is 59.7 Å². The fraction of sp³-hybridized carbons (Fsp3) is 0.500. The molecule has 0 bridgehead atoms. The van der Waals surface area contributed by atoms with Gasteiger partial charge in [0.15, 0.2) is 5.69 Å².